The molecule has 0 saturated heterocycles. The van der Waals surface area contributed by atoms with Gasteiger partial charge >= 0.3 is 11.9 Å². The van der Waals surface area contributed by atoms with E-state index < -0.39 is 51.3 Å². The Hall–Kier alpha value is -3.29. The number of hydrogen-bond acceptors (Lipinski definition) is 8. The van der Waals surface area contributed by atoms with E-state index in [1.54, 1.807) is 12.2 Å². The molecule has 0 amide bonds. The third-order valence-electron chi connectivity index (χ3n) is 7.74. The van der Waals surface area contributed by atoms with Crippen molar-refractivity contribution in [3.63, 3.8) is 0 Å². The average Bonchev–Trinajstić information content (AvgIpc) is 2.85. The second-order valence-electron chi connectivity index (χ2n) is 11.9. The van der Waals surface area contributed by atoms with Crippen molar-refractivity contribution in [3.8, 4) is 0 Å². The van der Waals surface area contributed by atoms with Gasteiger partial charge in [-0.05, 0) is 65.7 Å². The van der Waals surface area contributed by atoms with Crippen LogP contribution in [-0.2, 0) is 33.4 Å². The van der Waals surface area contributed by atoms with Crippen LogP contribution in [0.5, 0.6) is 0 Å². The molecule has 3 atom stereocenters. The van der Waals surface area contributed by atoms with E-state index in [2.05, 4.69) is 6.58 Å². The standard InChI is InChI=1S/C31H42O8/c1-18(2)10-12-30-16-29(28(37)39-9,15-21(7)26(35)38-8)17-31(27(30)36,13-11-19(3)4)25(34)23(24(30)33)22(32)14-20(5)6/h10-11,20,33H,7,12-17H2,1-6,8-9H3/t29-,30-,31+/m1/s1. The van der Waals surface area contributed by atoms with E-state index in [-0.39, 0.29) is 55.6 Å². The van der Waals surface area contributed by atoms with Crippen molar-refractivity contribution in [1.29, 1.82) is 0 Å². The minimum atomic E-state index is -1.83. The van der Waals surface area contributed by atoms with Gasteiger partial charge in [0, 0.05) is 12.0 Å². The lowest BCUT2D eigenvalue weighted by molar-refractivity contribution is -0.172. The molecule has 2 aliphatic rings. The lowest BCUT2D eigenvalue weighted by Gasteiger charge is -2.55. The van der Waals surface area contributed by atoms with Gasteiger partial charge in [-0.3, -0.25) is 19.2 Å². The zero-order chi connectivity index (χ0) is 29.9. The summed E-state index contributed by atoms with van der Waals surface area (Å²) < 4.78 is 10.0. The molecule has 0 aromatic heterocycles. The zero-order valence-corrected chi connectivity index (χ0v) is 24.5. The number of carbonyl (C=O) groups is 5. The smallest absolute Gasteiger partial charge is 0.333 e. The summed E-state index contributed by atoms with van der Waals surface area (Å²) in [6.45, 7) is 14.7. The van der Waals surface area contributed by atoms with Crippen LogP contribution in [0.15, 0.2) is 46.8 Å². The fourth-order valence-electron chi connectivity index (χ4n) is 5.99. The van der Waals surface area contributed by atoms with Crippen LogP contribution >= 0.6 is 0 Å². The van der Waals surface area contributed by atoms with Crippen molar-refractivity contribution in [1.82, 2.24) is 0 Å². The third kappa shape index (κ3) is 5.85. The molecule has 0 aromatic carbocycles. The summed E-state index contributed by atoms with van der Waals surface area (Å²) in [7, 11) is 2.38. The minimum absolute atomic E-state index is 0.0120. The van der Waals surface area contributed by atoms with Crippen LogP contribution in [0.3, 0.4) is 0 Å². The Morgan fingerprint density at radius 1 is 0.949 bits per heavy atom. The van der Waals surface area contributed by atoms with Crippen molar-refractivity contribution in [2.24, 2.45) is 22.2 Å². The van der Waals surface area contributed by atoms with Crippen molar-refractivity contribution < 1.29 is 38.6 Å². The Bertz CT molecular complexity index is 1170. The Labute approximate surface area is 231 Å². The first-order valence-corrected chi connectivity index (χ1v) is 13.2. The number of methoxy groups -OCH3 is 2. The fraction of sp³-hybridized carbons (Fsp3) is 0.581. The average molecular weight is 543 g/mol. The Kier molecular flexibility index (Phi) is 9.69. The predicted octanol–water partition coefficient (Wildman–Crippen LogP) is 5.32. The molecule has 2 aliphatic carbocycles. The number of fused-ring (bicyclic) bond motifs is 2. The number of aliphatic hydroxyl groups is 1. The normalized spacial score (nSPS) is 26.2. The maximum absolute atomic E-state index is 14.5. The molecule has 0 spiro atoms. The molecule has 1 fully saturated rings. The molecule has 8 heteroatoms. The Morgan fingerprint density at radius 2 is 1.46 bits per heavy atom. The van der Waals surface area contributed by atoms with Crippen LogP contribution < -0.4 is 0 Å². The van der Waals surface area contributed by atoms with Gasteiger partial charge in [0.25, 0.3) is 0 Å². The van der Waals surface area contributed by atoms with Crippen molar-refractivity contribution in [2.45, 2.75) is 80.1 Å². The van der Waals surface area contributed by atoms with E-state index >= 15 is 0 Å². The van der Waals surface area contributed by atoms with Gasteiger partial charge in [-0.15, -0.1) is 0 Å². The first kappa shape index (κ1) is 31.9. The highest BCUT2D eigenvalue weighted by Crippen LogP contribution is 2.63. The molecule has 214 valence electrons. The van der Waals surface area contributed by atoms with Crippen LogP contribution in [0.1, 0.15) is 80.1 Å². The van der Waals surface area contributed by atoms with Crippen LogP contribution in [0, 0.1) is 22.2 Å². The topological polar surface area (TPSA) is 124 Å². The summed E-state index contributed by atoms with van der Waals surface area (Å²) in [4.78, 5) is 68.2. The Morgan fingerprint density at radius 3 is 1.92 bits per heavy atom. The molecule has 0 heterocycles. The first-order chi connectivity index (χ1) is 18.0. The summed E-state index contributed by atoms with van der Waals surface area (Å²) in [5.74, 6) is -4.04. The second kappa shape index (κ2) is 11.8. The monoisotopic (exact) mass is 542 g/mol. The van der Waals surface area contributed by atoms with Gasteiger partial charge in [-0.2, -0.15) is 0 Å². The largest absolute Gasteiger partial charge is 0.510 e. The summed E-state index contributed by atoms with van der Waals surface area (Å²) >= 11 is 0. The number of allylic oxidation sites excluding steroid dienone is 6. The quantitative estimate of drug-likeness (QED) is 0.122. The molecule has 1 N–H and O–H groups in total. The summed E-state index contributed by atoms with van der Waals surface area (Å²) in [5.41, 5.74) is -3.87. The summed E-state index contributed by atoms with van der Waals surface area (Å²) in [6.07, 6.45) is 2.58. The molecule has 0 aromatic rings. The zero-order valence-electron chi connectivity index (χ0n) is 24.5. The van der Waals surface area contributed by atoms with Gasteiger partial charge in [0.1, 0.15) is 11.3 Å². The Balaban J connectivity index is 3.04. The van der Waals surface area contributed by atoms with Crippen LogP contribution in [0.25, 0.3) is 0 Å². The number of carbonyl (C=O) groups excluding carboxylic acids is 5. The first-order valence-electron chi connectivity index (χ1n) is 13.2. The number of Topliss-reactive ketones (excluding diaryl/α,β-unsaturated/α-hetero) is 3. The van der Waals surface area contributed by atoms with Gasteiger partial charge in [-0.25, -0.2) is 4.79 Å². The van der Waals surface area contributed by atoms with E-state index in [4.69, 9.17) is 9.47 Å². The SMILES string of the molecule is C=C(C[C@]1(C(=O)OC)C[C@@]2(CC=C(C)C)C(=O)C(C(=O)CC(C)C)=C(O)[C@@](CC=C(C)C)(C1)C2=O)C(=O)OC. The van der Waals surface area contributed by atoms with Crippen molar-refractivity contribution in [2.75, 3.05) is 14.2 Å². The second-order valence-corrected chi connectivity index (χ2v) is 11.9. The number of aliphatic hydroxyl groups excluding tert-OH is 1. The number of rotatable bonds is 11. The summed E-state index contributed by atoms with van der Waals surface area (Å²) in [5, 5.41) is 11.7. The van der Waals surface area contributed by atoms with Crippen LogP contribution in [0.2, 0.25) is 0 Å². The highest BCUT2D eigenvalue weighted by molar-refractivity contribution is 6.31. The molecule has 2 rings (SSSR count). The van der Waals surface area contributed by atoms with Gasteiger partial charge in [0.15, 0.2) is 17.3 Å². The lowest BCUT2D eigenvalue weighted by atomic mass is 9.44. The van der Waals surface area contributed by atoms with E-state index in [1.807, 2.05) is 41.5 Å². The lowest BCUT2D eigenvalue weighted by Crippen LogP contribution is -2.63. The van der Waals surface area contributed by atoms with Crippen molar-refractivity contribution in [3.05, 3.63) is 46.8 Å². The number of esters is 2. The van der Waals surface area contributed by atoms with Gasteiger partial charge in [0.2, 0.25) is 0 Å². The van der Waals surface area contributed by atoms with E-state index in [1.165, 1.54) is 14.2 Å². The number of ether oxygens (including phenoxy) is 2. The molecule has 0 aliphatic heterocycles. The molecule has 2 bridgehead atoms. The van der Waals surface area contributed by atoms with E-state index in [0.717, 1.165) is 11.1 Å². The number of hydrogen-bond donors (Lipinski definition) is 1. The van der Waals surface area contributed by atoms with Crippen LogP contribution in [-0.4, -0.2) is 48.6 Å². The molecule has 0 radical (unpaired) electrons. The predicted molar refractivity (Wildman–Crippen MR) is 147 cm³/mol. The number of ketones is 3. The maximum atomic E-state index is 14.5. The minimum Gasteiger partial charge on any atom is -0.510 e. The highest BCUT2D eigenvalue weighted by atomic mass is 16.5. The molecular formula is C31H42O8. The van der Waals surface area contributed by atoms with Gasteiger partial charge in [0.05, 0.1) is 30.5 Å². The van der Waals surface area contributed by atoms with Crippen molar-refractivity contribution >= 4 is 29.3 Å². The van der Waals surface area contributed by atoms with E-state index in [9.17, 15) is 29.1 Å². The molecule has 0 unspecified atom stereocenters. The summed E-state index contributed by atoms with van der Waals surface area (Å²) in [6, 6.07) is 0. The molecule has 8 nitrogen and oxygen atoms in total. The third-order valence-corrected chi connectivity index (χ3v) is 7.74. The molecule has 1 saturated carbocycles. The molecular weight excluding hydrogens is 500 g/mol. The van der Waals surface area contributed by atoms with E-state index in [0.29, 0.717) is 0 Å². The van der Waals surface area contributed by atoms with Gasteiger partial charge in [-0.1, -0.05) is 43.7 Å². The highest BCUT2D eigenvalue weighted by Gasteiger charge is 2.70. The fourth-order valence-corrected chi connectivity index (χ4v) is 5.99. The molecule has 39 heavy (non-hydrogen) atoms. The van der Waals surface area contributed by atoms with Crippen LogP contribution in [0.4, 0.5) is 0 Å². The maximum Gasteiger partial charge on any atom is 0.333 e. The van der Waals surface area contributed by atoms with Gasteiger partial charge < -0.3 is 14.6 Å².